The van der Waals surface area contributed by atoms with Crippen molar-refractivity contribution in [2.24, 2.45) is 0 Å². The van der Waals surface area contributed by atoms with Crippen LogP contribution in [-0.4, -0.2) is 11.0 Å². The molecule has 4 aromatic rings. The summed E-state index contributed by atoms with van der Waals surface area (Å²) < 4.78 is 10.9. The normalized spacial score (nSPS) is 11.0. The monoisotopic (exact) mass is 345 g/mol. The molecule has 0 aliphatic rings. The summed E-state index contributed by atoms with van der Waals surface area (Å²) in [5.74, 6) is 0.398. The average molecular weight is 345 g/mol. The molecular weight excluding hydrogens is 330 g/mol. The minimum atomic E-state index is -0.429. The second kappa shape index (κ2) is 6.11. The van der Waals surface area contributed by atoms with Gasteiger partial charge in [0.1, 0.15) is 17.1 Å². The molecule has 0 saturated carbocycles. The van der Waals surface area contributed by atoms with Crippen molar-refractivity contribution >= 4 is 27.8 Å². The summed E-state index contributed by atoms with van der Waals surface area (Å²) in [4.78, 5) is 28.7. The third-order valence-electron chi connectivity index (χ3n) is 4.20. The molecule has 0 amide bonds. The van der Waals surface area contributed by atoms with Crippen LogP contribution in [0.4, 0.5) is 0 Å². The molecule has 26 heavy (non-hydrogen) atoms. The van der Waals surface area contributed by atoms with Gasteiger partial charge in [-0.15, -0.1) is 0 Å². The molecule has 0 N–H and O–H groups in total. The third-order valence-corrected chi connectivity index (χ3v) is 4.20. The van der Waals surface area contributed by atoms with E-state index in [2.05, 4.69) is 4.98 Å². The molecule has 0 saturated heterocycles. The van der Waals surface area contributed by atoms with Gasteiger partial charge in [0, 0.05) is 30.1 Å². The van der Waals surface area contributed by atoms with Gasteiger partial charge >= 0.3 is 5.97 Å². The second-order valence-electron chi connectivity index (χ2n) is 5.99. The standard InChI is InChI=1S/C21H15NO4/c1-12-19(17-7-3-5-14-6-4-10-22-20(14)17)21(24)16-9-8-15(26-13(2)23)11-18(16)25-12/h3-11H,1-2H3. The number of benzene rings is 2. The molecule has 0 fully saturated rings. The predicted molar refractivity (Wildman–Crippen MR) is 99.3 cm³/mol. The number of esters is 1. The van der Waals surface area contributed by atoms with Gasteiger partial charge < -0.3 is 9.15 Å². The highest BCUT2D eigenvalue weighted by Gasteiger charge is 2.17. The van der Waals surface area contributed by atoms with Gasteiger partial charge in [-0.25, -0.2) is 0 Å². The fourth-order valence-corrected chi connectivity index (χ4v) is 3.13. The molecule has 2 aromatic carbocycles. The molecule has 5 heteroatoms. The first-order valence-electron chi connectivity index (χ1n) is 8.14. The Balaban J connectivity index is 1.99. The third kappa shape index (κ3) is 2.63. The van der Waals surface area contributed by atoms with Gasteiger partial charge in [-0.2, -0.15) is 0 Å². The average Bonchev–Trinajstić information content (AvgIpc) is 2.61. The number of hydrogen-bond acceptors (Lipinski definition) is 5. The number of ether oxygens (including phenoxy) is 1. The lowest BCUT2D eigenvalue weighted by Crippen LogP contribution is -2.08. The Kier molecular flexibility index (Phi) is 3.77. The second-order valence-corrected chi connectivity index (χ2v) is 5.99. The van der Waals surface area contributed by atoms with Gasteiger partial charge in [0.25, 0.3) is 0 Å². The molecule has 0 unspecified atom stereocenters. The van der Waals surface area contributed by atoms with Gasteiger partial charge in [0.05, 0.1) is 16.5 Å². The molecule has 128 valence electrons. The van der Waals surface area contributed by atoms with E-state index in [1.807, 2.05) is 30.3 Å². The number of carbonyl (C=O) groups excluding carboxylic acids is 1. The first-order valence-corrected chi connectivity index (χ1v) is 8.14. The number of hydrogen-bond donors (Lipinski definition) is 0. The van der Waals surface area contributed by atoms with E-state index in [-0.39, 0.29) is 5.43 Å². The summed E-state index contributed by atoms with van der Waals surface area (Å²) in [6, 6.07) is 14.3. The highest BCUT2D eigenvalue weighted by Crippen LogP contribution is 2.30. The van der Waals surface area contributed by atoms with E-state index >= 15 is 0 Å². The van der Waals surface area contributed by atoms with Crippen molar-refractivity contribution in [3.8, 4) is 16.9 Å². The zero-order valence-corrected chi connectivity index (χ0v) is 14.3. The van der Waals surface area contributed by atoms with Crippen LogP contribution in [0.5, 0.6) is 5.75 Å². The Morgan fingerprint density at radius 2 is 1.92 bits per heavy atom. The van der Waals surface area contributed by atoms with Crippen molar-refractivity contribution in [2.75, 3.05) is 0 Å². The predicted octanol–water partition coefficient (Wildman–Crippen LogP) is 4.24. The first-order chi connectivity index (χ1) is 12.5. The van der Waals surface area contributed by atoms with Crippen molar-refractivity contribution < 1.29 is 13.9 Å². The summed E-state index contributed by atoms with van der Waals surface area (Å²) in [6.07, 6.45) is 1.70. The van der Waals surface area contributed by atoms with Crippen LogP contribution >= 0.6 is 0 Å². The number of aryl methyl sites for hydroxylation is 1. The lowest BCUT2D eigenvalue weighted by Gasteiger charge is -2.10. The number of pyridine rings is 1. The smallest absolute Gasteiger partial charge is 0.308 e. The lowest BCUT2D eigenvalue weighted by molar-refractivity contribution is -0.131. The van der Waals surface area contributed by atoms with Crippen LogP contribution in [-0.2, 0) is 4.79 Å². The van der Waals surface area contributed by atoms with E-state index in [0.717, 1.165) is 16.5 Å². The van der Waals surface area contributed by atoms with Crippen LogP contribution in [0, 0.1) is 6.92 Å². The Hall–Kier alpha value is -3.47. The van der Waals surface area contributed by atoms with Crippen molar-refractivity contribution in [3.63, 3.8) is 0 Å². The maximum Gasteiger partial charge on any atom is 0.308 e. The Morgan fingerprint density at radius 1 is 1.12 bits per heavy atom. The van der Waals surface area contributed by atoms with E-state index in [0.29, 0.717) is 28.0 Å². The molecule has 5 nitrogen and oxygen atoms in total. The largest absolute Gasteiger partial charge is 0.460 e. The lowest BCUT2D eigenvalue weighted by atomic mass is 9.99. The van der Waals surface area contributed by atoms with E-state index in [4.69, 9.17) is 9.15 Å². The van der Waals surface area contributed by atoms with Gasteiger partial charge in [0.2, 0.25) is 5.43 Å². The number of fused-ring (bicyclic) bond motifs is 2. The molecule has 0 radical (unpaired) electrons. The SMILES string of the molecule is CC(=O)Oc1ccc2c(=O)c(-c3cccc4cccnc34)c(C)oc2c1. The molecule has 0 aliphatic carbocycles. The highest BCUT2D eigenvalue weighted by atomic mass is 16.5. The maximum atomic E-state index is 13.1. The fraction of sp³-hybridized carbons (Fsp3) is 0.0952. The quantitative estimate of drug-likeness (QED) is 0.401. The van der Waals surface area contributed by atoms with E-state index in [1.54, 1.807) is 31.3 Å². The number of rotatable bonds is 2. The molecule has 0 atom stereocenters. The molecule has 2 heterocycles. The maximum absolute atomic E-state index is 13.1. The van der Waals surface area contributed by atoms with Crippen molar-refractivity contribution in [1.29, 1.82) is 0 Å². The van der Waals surface area contributed by atoms with E-state index < -0.39 is 5.97 Å². The number of aromatic nitrogens is 1. The summed E-state index contributed by atoms with van der Waals surface area (Å²) in [5, 5.41) is 1.38. The topological polar surface area (TPSA) is 69.4 Å². The van der Waals surface area contributed by atoms with E-state index in [9.17, 15) is 9.59 Å². The van der Waals surface area contributed by atoms with Gasteiger partial charge in [-0.1, -0.05) is 24.3 Å². The highest BCUT2D eigenvalue weighted by molar-refractivity contribution is 5.96. The minimum absolute atomic E-state index is 0.142. The van der Waals surface area contributed by atoms with Crippen LogP contribution in [0.1, 0.15) is 12.7 Å². The fourth-order valence-electron chi connectivity index (χ4n) is 3.13. The van der Waals surface area contributed by atoms with Crippen LogP contribution in [0.15, 0.2) is 63.9 Å². The van der Waals surface area contributed by atoms with Crippen LogP contribution in [0.2, 0.25) is 0 Å². The first kappa shape index (κ1) is 16.0. The Morgan fingerprint density at radius 3 is 2.73 bits per heavy atom. The van der Waals surface area contributed by atoms with Crippen LogP contribution < -0.4 is 10.2 Å². The molecule has 0 bridgehead atoms. The Bertz CT molecular complexity index is 1220. The summed E-state index contributed by atoms with van der Waals surface area (Å²) >= 11 is 0. The number of nitrogens with zero attached hydrogens (tertiary/aromatic N) is 1. The van der Waals surface area contributed by atoms with Crippen molar-refractivity contribution in [3.05, 3.63) is 70.7 Å². The molecular formula is C21H15NO4. The number of carbonyl (C=O) groups is 1. The summed E-state index contributed by atoms with van der Waals surface area (Å²) in [5.41, 5.74) is 2.21. The van der Waals surface area contributed by atoms with E-state index in [1.165, 1.54) is 6.92 Å². The van der Waals surface area contributed by atoms with Crippen LogP contribution in [0.25, 0.3) is 33.0 Å². The molecule has 0 spiro atoms. The zero-order chi connectivity index (χ0) is 18.3. The molecule has 2 aromatic heterocycles. The Labute approximate surface area is 148 Å². The summed E-state index contributed by atoms with van der Waals surface area (Å²) in [6.45, 7) is 3.07. The zero-order valence-electron chi connectivity index (χ0n) is 14.3. The van der Waals surface area contributed by atoms with Gasteiger partial charge in [0.15, 0.2) is 0 Å². The summed E-state index contributed by atoms with van der Waals surface area (Å²) in [7, 11) is 0. The minimum Gasteiger partial charge on any atom is -0.460 e. The number of para-hydroxylation sites is 1. The van der Waals surface area contributed by atoms with Gasteiger partial charge in [-0.3, -0.25) is 14.6 Å². The van der Waals surface area contributed by atoms with Crippen molar-refractivity contribution in [1.82, 2.24) is 4.98 Å². The van der Waals surface area contributed by atoms with Crippen LogP contribution in [0.3, 0.4) is 0 Å². The molecule has 4 rings (SSSR count). The molecule has 0 aliphatic heterocycles. The van der Waals surface area contributed by atoms with Gasteiger partial charge in [-0.05, 0) is 25.1 Å². The van der Waals surface area contributed by atoms with Crippen molar-refractivity contribution in [2.45, 2.75) is 13.8 Å².